The van der Waals surface area contributed by atoms with Crippen LogP contribution < -0.4 is 0 Å². The van der Waals surface area contributed by atoms with E-state index < -0.39 is 11.7 Å². The lowest BCUT2D eigenvalue weighted by molar-refractivity contribution is -0.0435. The van der Waals surface area contributed by atoms with Crippen LogP contribution in [0.15, 0.2) is 54.6 Å². The van der Waals surface area contributed by atoms with Crippen molar-refractivity contribution in [2.75, 3.05) is 0 Å². The fourth-order valence-electron chi connectivity index (χ4n) is 3.19. The van der Waals surface area contributed by atoms with Crippen LogP contribution in [0.5, 0.6) is 0 Å². The highest BCUT2D eigenvalue weighted by molar-refractivity contribution is 6.08. The zero-order chi connectivity index (χ0) is 14.6. The molecule has 2 N–H and O–H groups in total. The van der Waals surface area contributed by atoms with E-state index in [1.54, 1.807) is 13.0 Å². The number of aliphatic hydroxyl groups is 2. The molecule has 2 heteroatoms. The monoisotopic (exact) mass is 276 g/mol. The van der Waals surface area contributed by atoms with Crippen LogP contribution >= 0.6 is 0 Å². The van der Waals surface area contributed by atoms with Crippen LogP contribution in [0.25, 0.3) is 27.6 Å². The first kappa shape index (κ1) is 12.6. The minimum atomic E-state index is -1.25. The van der Waals surface area contributed by atoms with E-state index in [1.807, 2.05) is 24.3 Å². The Kier molecular flexibility index (Phi) is 2.49. The summed E-state index contributed by atoms with van der Waals surface area (Å²) in [5.41, 5.74) is 0.490. The molecular formula is C19H16O2. The topological polar surface area (TPSA) is 40.5 Å². The van der Waals surface area contributed by atoms with Gasteiger partial charge in [0.15, 0.2) is 0 Å². The average molecular weight is 276 g/mol. The van der Waals surface area contributed by atoms with E-state index in [-0.39, 0.29) is 0 Å². The lowest BCUT2D eigenvalue weighted by Gasteiger charge is -2.32. The number of aliphatic hydroxyl groups excluding tert-OH is 1. The van der Waals surface area contributed by atoms with Crippen molar-refractivity contribution in [1.82, 2.24) is 0 Å². The lowest BCUT2D eigenvalue weighted by atomic mass is 9.80. The highest BCUT2D eigenvalue weighted by Crippen LogP contribution is 2.37. The predicted molar refractivity (Wildman–Crippen MR) is 86.1 cm³/mol. The van der Waals surface area contributed by atoms with E-state index in [4.69, 9.17) is 0 Å². The van der Waals surface area contributed by atoms with Crippen molar-refractivity contribution >= 4 is 27.6 Å². The Balaban J connectivity index is 2.13. The van der Waals surface area contributed by atoms with Gasteiger partial charge in [-0.2, -0.15) is 0 Å². The summed E-state index contributed by atoms with van der Waals surface area (Å²) in [6.07, 6.45) is 2.65. The molecule has 0 aliphatic heterocycles. The second-order valence-electron chi connectivity index (χ2n) is 5.90. The van der Waals surface area contributed by atoms with E-state index in [2.05, 4.69) is 30.3 Å². The summed E-state index contributed by atoms with van der Waals surface area (Å²) < 4.78 is 0. The minimum Gasteiger partial charge on any atom is -0.386 e. The standard InChI is InChI=1S/C19H16O2/c1-19(21)17-11-16-13(10-14(17)8-9-18(19)20)7-6-12-4-2-3-5-15(12)16/h2-11,18,20-21H,1H3/t18-,19+/m1/s1. The first-order chi connectivity index (χ1) is 10.1. The molecule has 2 atom stereocenters. The minimum absolute atomic E-state index is 0.779. The van der Waals surface area contributed by atoms with Crippen molar-refractivity contribution in [3.63, 3.8) is 0 Å². The van der Waals surface area contributed by atoms with Crippen LogP contribution in [-0.2, 0) is 5.60 Å². The summed E-state index contributed by atoms with van der Waals surface area (Å²) >= 11 is 0. The van der Waals surface area contributed by atoms with Gasteiger partial charge in [-0.1, -0.05) is 48.6 Å². The Bertz CT molecular complexity index is 891. The van der Waals surface area contributed by atoms with E-state index in [1.165, 1.54) is 5.39 Å². The van der Waals surface area contributed by atoms with E-state index in [0.29, 0.717) is 0 Å². The number of hydrogen-bond donors (Lipinski definition) is 2. The van der Waals surface area contributed by atoms with Crippen molar-refractivity contribution in [2.24, 2.45) is 0 Å². The molecule has 4 rings (SSSR count). The molecule has 0 aromatic heterocycles. The lowest BCUT2D eigenvalue weighted by Crippen LogP contribution is -2.37. The molecule has 0 saturated heterocycles. The highest BCUT2D eigenvalue weighted by Gasteiger charge is 2.35. The maximum Gasteiger partial charge on any atom is 0.117 e. The smallest absolute Gasteiger partial charge is 0.117 e. The Morgan fingerprint density at radius 3 is 2.57 bits per heavy atom. The van der Waals surface area contributed by atoms with Crippen LogP contribution in [0.1, 0.15) is 18.1 Å². The van der Waals surface area contributed by atoms with Gasteiger partial charge in [-0.3, -0.25) is 0 Å². The van der Waals surface area contributed by atoms with Crippen molar-refractivity contribution in [3.05, 3.63) is 65.7 Å². The van der Waals surface area contributed by atoms with E-state index in [0.717, 1.165) is 27.3 Å². The maximum atomic E-state index is 10.6. The molecule has 2 nitrogen and oxygen atoms in total. The zero-order valence-corrected chi connectivity index (χ0v) is 11.7. The van der Waals surface area contributed by atoms with Gasteiger partial charge in [0.25, 0.3) is 0 Å². The quantitative estimate of drug-likeness (QED) is 0.616. The molecule has 1 aliphatic rings. The summed E-state index contributed by atoms with van der Waals surface area (Å²) in [4.78, 5) is 0. The fraction of sp³-hybridized carbons (Fsp3) is 0.158. The van der Waals surface area contributed by atoms with Gasteiger partial charge in [-0.05, 0) is 51.7 Å². The maximum absolute atomic E-state index is 10.6. The largest absolute Gasteiger partial charge is 0.386 e. The predicted octanol–water partition coefficient (Wildman–Crippen LogP) is 3.59. The van der Waals surface area contributed by atoms with Crippen LogP contribution in [0, 0.1) is 0 Å². The molecule has 1 aliphatic carbocycles. The fourth-order valence-corrected chi connectivity index (χ4v) is 3.19. The summed E-state index contributed by atoms with van der Waals surface area (Å²) in [5, 5.41) is 25.2. The molecule has 0 unspecified atom stereocenters. The zero-order valence-electron chi connectivity index (χ0n) is 11.7. The van der Waals surface area contributed by atoms with Gasteiger partial charge in [0, 0.05) is 0 Å². The molecule has 3 aromatic rings. The van der Waals surface area contributed by atoms with Crippen molar-refractivity contribution < 1.29 is 10.2 Å². The molecule has 3 aromatic carbocycles. The molecule has 0 fully saturated rings. The van der Waals surface area contributed by atoms with Gasteiger partial charge in [-0.15, -0.1) is 0 Å². The second-order valence-corrected chi connectivity index (χ2v) is 5.90. The molecule has 0 amide bonds. The first-order valence-electron chi connectivity index (χ1n) is 7.12. The Hall–Kier alpha value is -2.16. The second kappa shape index (κ2) is 4.17. The van der Waals surface area contributed by atoms with Crippen LogP contribution in [0.3, 0.4) is 0 Å². The first-order valence-corrected chi connectivity index (χ1v) is 7.12. The molecule has 104 valence electrons. The Labute approximate surface area is 123 Å². The summed E-state index contributed by atoms with van der Waals surface area (Å²) in [5.74, 6) is 0. The van der Waals surface area contributed by atoms with Crippen molar-refractivity contribution in [2.45, 2.75) is 18.6 Å². The summed E-state index contributed by atoms with van der Waals surface area (Å²) in [6, 6.07) is 16.5. The third kappa shape index (κ3) is 1.73. The van der Waals surface area contributed by atoms with E-state index >= 15 is 0 Å². The number of benzene rings is 3. The number of rotatable bonds is 0. The molecule has 0 heterocycles. The van der Waals surface area contributed by atoms with Gasteiger partial charge >= 0.3 is 0 Å². The van der Waals surface area contributed by atoms with Crippen LogP contribution in [-0.4, -0.2) is 16.3 Å². The normalized spacial score (nSPS) is 24.4. The third-order valence-corrected chi connectivity index (χ3v) is 4.49. The van der Waals surface area contributed by atoms with Crippen molar-refractivity contribution in [1.29, 1.82) is 0 Å². The van der Waals surface area contributed by atoms with Crippen LogP contribution in [0.2, 0.25) is 0 Å². The summed E-state index contributed by atoms with van der Waals surface area (Å²) in [6.45, 7) is 1.66. The SMILES string of the molecule is C[C@]1(O)c2cc3c(ccc4ccccc43)cc2C=C[C@H]1O. The summed E-state index contributed by atoms with van der Waals surface area (Å²) in [7, 11) is 0. The highest BCUT2D eigenvalue weighted by atomic mass is 16.3. The van der Waals surface area contributed by atoms with Crippen LogP contribution in [0.4, 0.5) is 0 Å². The third-order valence-electron chi connectivity index (χ3n) is 4.49. The van der Waals surface area contributed by atoms with Gasteiger partial charge in [0.05, 0.1) is 0 Å². The van der Waals surface area contributed by atoms with Gasteiger partial charge < -0.3 is 10.2 Å². The van der Waals surface area contributed by atoms with Gasteiger partial charge in [0.1, 0.15) is 11.7 Å². The van der Waals surface area contributed by atoms with Gasteiger partial charge in [-0.25, -0.2) is 0 Å². The molecule has 0 spiro atoms. The molecule has 0 radical (unpaired) electrons. The van der Waals surface area contributed by atoms with Gasteiger partial charge in [0.2, 0.25) is 0 Å². The molecular weight excluding hydrogens is 260 g/mol. The number of hydrogen-bond acceptors (Lipinski definition) is 2. The Morgan fingerprint density at radius 1 is 0.952 bits per heavy atom. The molecule has 0 bridgehead atoms. The molecule has 0 saturated carbocycles. The Morgan fingerprint density at radius 2 is 1.71 bits per heavy atom. The number of fused-ring (bicyclic) bond motifs is 4. The van der Waals surface area contributed by atoms with Crippen molar-refractivity contribution in [3.8, 4) is 0 Å². The van der Waals surface area contributed by atoms with E-state index in [9.17, 15) is 10.2 Å². The molecule has 21 heavy (non-hydrogen) atoms. The average Bonchev–Trinajstić information content (AvgIpc) is 2.50.